The van der Waals surface area contributed by atoms with Gasteiger partial charge in [-0.1, -0.05) is 19.0 Å². The molecule has 0 radical (unpaired) electrons. The number of hydrogen-bond donors (Lipinski definition) is 1. The second-order valence-electron chi connectivity index (χ2n) is 4.41. The molecular formula is C11H22N2O2. The molecule has 0 saturated carbocycles. The van der Waals surface area contributed by atoms with E-state index in [1.165, 1.54) is 0 Å². The first-order valence-corrected chi connectivity index (χ1v) is 5.62. The van der Waals surface area contributed by atoms with E-state index in [1.807, 2.05) is 6.92 Å². The SMILES string of the molecule is C/C(=N\OC[C@H]1CNC[C@@H](C)O1)C(C)C. The van der Waals surface area contributed by atoms with E-state index in [2.05, 4.69) is 31.2 Å². The average molecular weight is 214 g/mol. The monoisotopic (exact) mass is 214 g/mol. The Bertz CT molecular complexity index is 217. The zero-order valence-corrected chi connectivity index (χ0v) is 10.1. The van der Waals surface area contributed by atoms with E-state index in [9.17, 15) is 0 Å². The number of ether oxygens (including phenoxy) is 1. The van der Waals surface area contributed by atoms with Crippen LogP contribution in [0.2, 0.25) is 0 Å². The van der Waals surface area contributed by atoms with Crippen LogP contribution in [0.4, 0.5) is 0 Å². The summed E-state index contributed by atoms with van der Waals surface area (Å²) in [5, 5.41) is 7.34. The summed E-state index contributed by atoms with van der Waals surface area (Å²) in [4.78, 5) is 5.27. The lowest BCUT2D eigenvalue weighted by atomic mass is 10.1. The highest BCUT2D eigenvalue weighted by atomic mass is 16.6. The summed E-state index contributed by atoms with van der Waals surface area (Å²) in [5.41, 5.74) is 1.02. The maximum absolute atomic E-state index is 5.67. The van der Waals surface area contributed by atoms with E-state index in [0.717, 1.165) is 18.8 Å². The normalized spacial score (nSPS) is 28.2. The molecule has 0 aromatic rings. The second kappa shape index (κ2) is 6.08. The molecular weight excluding hydrogens is 192 g/mol. The Balaban J connectivity index is 2.22. The van der Waals surface area contributed by atoms with Gasteiger partial charge in [0.25, 0.3) is 0 Å². The zero-order valence-electron chi connectivity index (χ0n) is 10.1. The predicted molar refractivity (Wildman–Crippen MR) is 61.1 cm³/mol. The Morgan fingerprint density at radius 1 is 1.53 bits per heavy atom. The van der Waals surface area contributed by atoms with Gasteiger partial charge in [0, 0.05) is 13.1 Å². The Labute approximate surface area is 92.0 Å². The van der Waals surface area contributed by atoms with Crippen LogP contribution < -0.4 is 5.32 Å². The fourth-order valence-electron chi connectivity index (χ4n) is 1.30. The molecule has 0 aliphatic carbocycles. The minimum absolute atomic E-state index is 0.123. The van der Waals surface area contributed by atoms with Crippen LogP contribution in [0, 0.1) is 5.92 Å². The molecule has 0 amide bonds. The van der Waals surface area contributed by atoms with Crippen LogP contribution in [0.15, 0.2) is 5.16 Å². The molecule has 1 heterocycles. The van der Waals surface area contributed by atoms with Crippen LogP contribution in [0.1, 0.15) is 27.7 Å². The summed E-state index contributed by atoms with van der Waals surface area (Å²) in [6.45, 7) is 10.5. The molecule has 1 fully saturated rings. The summed E-state index contributed by atoms with van der Waals surface area (Å²) in [7, 11) is 0. The number of nitrogens with one attached hydrogen (secondary N) is 1. The van der Waals surface area contributed by atoms with Crippen LogP contribution in [0.3, 0.4) is 0 Å². The Morgan fingerprint density at radius 2 is 2.27 bits per heavy atom. The molecule has 0 bridgehead atoms. The molecule has 88 valence electrons. The minimum Gasteiger partial charge on any atom is -0.393 e. The summed E-state index contributed by atoms with van der Waals surface area (Å²) in [6.07, 6.45) is 0.389. The van der Waals surface area contributed by atoms with Gasteiger partial charge in [-0.25, -0.2) is 0 Å². The van der Waals surface area contributed by atoms with Crippen LogP contribution in [0.5, 0.6) is 0 Å². The van der Waals surface area contributed by atoms with Crippen LogP contribution in [-0.4, -0.2) is 37.6 Å². The van der Waals surface area contributed by atoms with Crippen molar-refractivity contribution in [3.63, 3.8) is 0 Å². The number of oxime groups is 1. The van der Waals surface area contributed by atoms with Crippen molar-refractivity contribution in [2.24, 2.45) is 11.1 Å². The largest absolute Gasteiger partial charge is 0.393 e. The number of hydrogen-bond acceptors (Lipinski definition) is 4. The maximum atomic E-state index is 5.67. The number of morpholine rings is 1. The number of nitrogens with zero attached hydrogens (tertiary/aromatic N) is 1. The average Bonchev–Trinajstić information content (AvgIpc) is 2.17. The van der Waals surface area contributed by atoms with Gasteiger partial charge in [0.05, 0.1) is 11.8 Å². The molecule has 0 aromatic carbocycles. The minimum atomic E-state index is 0.123. The van der Waals surface area contributed by atoms with E-state index in [1.54, 1.807) is 0 Å². The van der Waals surface area contributed by atoms with Gasteiger partial charge in [0.2, 0.25) is 0 Å². The molecule has 1 aliphatic heterocycles. The first kappa shape index (κ1) is 12.5. The van der Waals surface area contributed by atoms with E-state index >= 15 is 0 Å². The Hall–Kier alpha value is -0.610. The first-order chi connectivity index (χ1) is 7.09. The van der Waals surface area contributed by atoms with Crippen molar-refractivity contribution in [2.75, 3.05) is 19.7 Å². The van der Waals surface area contributed by atoms with Gasteiger partial charge < -0.3 is 14.9 Å². The van der Waals surface area contributed by atoms with Gasteiger partial charge in [0.15, 0.2) is 0 Å². The van der Waals surface area contributed by atoms with Gasteiger partial charge in [0.1, 0.15) is 12.7 Å². The van der Waals surface area contributed by atoms with Crippen molar-refractivity contribution in [1.29, 1.82) is 0 Å². The second-order valence-corrected chi connectivity index (χ2v) is 4.41. The standard InChI is InChI=1S/C11H22N2O2/c1-8(2)10(4)13-14-7-11-6-12-5-9(3)15-11/h8-9,11-12H,5-7H2,1-4H3/b13-10+/t9-,11-/m1/s1. The highest BCUT2D eigenvalue weighted by Gasteiger charge is 2.19. The maximum Gasteiger partial charge on any atom is 0.144 e. The molecule has 1 aliphatic rings. The fraction of sp³-hybridized carbons (Fsp3) is 0.909. The van der Waals surface area contributed by atoms with Crippen molar-refractivity contribution in [1.82, 2.24) is 5.32 Å². The first-order valence-electron chi connectivity index (χ1n) is 5.62. The van der Waals surface area contributed by atoms with Crippen molar-refractivity contribution in [3.8, 4) is 0 Å². The van der Waals surface area contributed by atoms with Crippen molar-refractivity contribution in [2.45, 2.75) is 39.9 Å². The predicted octanol–water partition coefficient (Wildman–Crippen LogP) is 1.41. The van der Waals surface area contributed by atoms with Gasteiger partial charge in [-0.15, -0.1) is 0 Å². The molecule has 0 spiro atoms. The highest BCUT2D eigenvalue weighted by molar-refractivity contribution is 5.83. The highest BCUT2D eigenvalue weighted by Crippen LogP contribution is 2.04. The molecule has 15 heavy (non-hydrogen) atoms. The summed E-state index contributed by atoms with van der Waals surface area (Å²) < 4.78 is 5.67. The van der Waals surface area contributed by atoms with Crippen molar-refractivity contribution >= 4 is 5.71 Å². The third kappa shape index (κ3) is 4.62. The van der Waals surface area contributed by atoms with Crippen molar-refractivity contribution in [3.05, 3.63) is 0 Å². The lowest BCUT2D eigenvalue weighted by Crippen LogP contribution is -2.45. The molecule has 1 rings (SSSR count). The lowest BCUT2D eigenvalue weighted by Gasteiger charge is -2.27. The Morgan fingerprint density at radius 3 is 2.87 bits per heavy atom. The summed E-state index contributed by atoms with van der Waals surface area (Å²) in [5.74, 6) is 0.439. The van der Waals surface area contributed by atoms with Gasteiger partial charge in [-0.3, -0.25) is 0 Å². The van der Waals surface area contributed by atoms with E-state index in [4.69, 9.17) is 9.57 Å². The third-order valence-corrected chi connectivity index (χ3v) is 2.53. The Kier molecular flexibility index (Phi) is 5.05. The molecule has 4 nitrogen and oxygen atoms in total. The van der Waals surface area contributed by atoms with E-state index in [-0.39, 0.29) is 12.2 Å². The van der Waals surface area contributed by atoms with Crippen LogP contribution in [0.25, 0.3) is 0 Å². The lowest BCUT2D eigenvalue weighted by molar-refractivity contribution is -0.0681. The number of rotatable bonds is 4. The van der Waals surface area contributed by atoms with Gasteiger partial charge >= 0.3 is 0 Å². The quantitative estimate of drug-likeness (QED) is 0.568. The molecule has 1 N–H and O–H groups in total. The van der Waals surface area contributed by atoms with E-state index in [0.29, 0.717) is 12.5 Å². The molecule has 0 aromatic heterocycles. The molecule has 0 unspecified atom stereocenters. The third-order valence-electron chi connectivity index (χ3n) is 2.53. The van der Waals surface area contributed by atoms with Gasteiger partial charge in [-0.2, -0.15) is 0 Å². The van der Waals surface area contributed by atoms with Crippen molar-refractivity contribution < 1.29 is 9.57 Å². The zero-order chi connectivity index (χ0) is 11.3. The molecule has 2 atom stereocenters. The topological polar surface area (TPSA) is 42.8 Å². The van der Waals surface area contributed by atoms with E-state index < -0.39 is 0 Å². The van der Waals surface area contributed by atoms with Crippen LogP contribution >= 0.6 is 0 Å². The summed E-state index contributed by atoms with van der Waals surface area (Å²) >= 11 is 0. The fourth-order valence-corrected chi connectivity index (χ4v) is 1.30. The summed E-state index contributed by atoms with van der Waals surface area (Å²) in [6, 6.07) is 0. The van der Waals surface area contributed by atoms with Gasteiger partial charge in [-0.05, 0) is 19.8 Å². The van der Waals surface area contributed by atoms with Crippen LogP contribution in [-0.2, 0) is 9.57 Å². The molecule has 4 heteroatoms. The molecule has 1 saturated heterocycles. The smallest absolute Gasteiger partial charge is 0.144 e.